The Hall–Kier alpha value is -2.81. The van der Waals surface area contributed by atoms with Crippen LogP contribution in [0.3, 0.4) is 0 Å². The van der Waals surface area contributed by atoms with Crippen molar-refractivity contribution in [1.82, 2.24) is 14.6 Å². The number of aliphatic hydroxyl groups excluding tert-OH is 1. The van der Waals surface area contributed by atoms with E-state index >= 15 is 0 Å². The van der Waals surface area contributed by atoms with Crippen molar-refractivity contribution in [3.05, 3.63) is 59.3 Å². The summed E-state index contributed by atoms with van der Waals surface area (Å²) in [6.07, 6.45) is 5.03. The topological polar surface area (TPSA) is 100 Å². The van der Waals surface area contributed by atoms with Gasteiger partial charge >= 0.3 is 0 Å². The molecule has 4 rings (SSSR count). The van der Waals surface area contributed by atoms with E-state index in [-0.39, 0.29) is 24.3 Å². The summed E-state index contributed by atoms with van der Waals surface area (Å²) < 4.78 is 5.93. The maximum absolute atomic E-state index is 12.7. The van der Waals surface area contributed by atoms with E-state index in [1.54, 1.807) is 19.5 Å². The van der Waals surface area contributed by atoms with E-state index in [0.29, 0.717) is 30.8 Å². The number of ether oxygens (including phenoxy) is 1. The lowest BCUT2D eigenvalue weighted by atomic mass is 9.81. The van der Waals surface area contributed by atoms with Crippen LogP contribution in [0.4, 0.5) is 0 Å². The van der Waals surface area contributed by atoms with Crippen molar-refractivity contribution in [3.63, 3.8) is 0 Å². The fourth-order valence-corrected chi connectivity index (χ4v) is 4.80. The normalized spacial score (nSPS) is 19.9. The molecule has 2 aliphatic rings. The number of nitrogens with zero attached hydrogens (tertiary/aromatic N) is 3. The van der Waals surface area contributed by atoms with Crippen LogP contribution >= 0.6 is 0 Å². The number of Topliss-reactive ketones (excluding diaryl/α,β-unsaturated/α-hetero) is 1. The minimum absolute atomic E-state index is 0.0299. The SMILES string of the molecule is O=C[B]N1CCC(Oc2ccc(C(=O)CC[C@@H](O)[C@@H]3Cc4ccccc4CN3[B]C=O)cn2)CC1. The summed E-state index contributed by atoms with van der Waals surface area (Å²) in [5.74, 6) is 0.378. The Bertz CT molecular complexity index is 1010. The van der Waals surface area contributed by atoms with Crippen LogP contribution in [0, 0.1) is 0 Å². The zero-order chi connectivity index (χ0) is 24.6. The molecule has 0 amide bonds. The van der Waals surface area contributed by atoms with Gasteiger partial charge in [0.15, 0.2) is 5.78 Å². The molecule has 35 heavy (non-hydrogen) atoms. The van der Waals surface area contributed by atoms with Crippen molar-refractivity contribution in [1.29, 1.82) is 0 Å². The average molecular weight is 473 g/mol. The van der Waals surface area contributed by atoms with Gasteiger partial charge in [0, 0.05) is 36.8 Å². The number of aliphatic hydroxyl groups is 1. The third-order valence-electron chi connectivity index (χ3n) is 6.78. The van der Waals surface area contributed by atoms with Crippen LogP contribution in [-0.4, -0.2) is 84.0 Å². The van der Waals surface area contributed by atoms with Crippen LogP contribution < -0.4 is 4.74 Å². The molecule has 3 heterocycles. The number of hydrogen-bond acceptors (Lipinski definition) is 8. The van der Waals surface area contributed by atoms with Crippen LogP contribution in [0.25, 0.3) is 0 Å². The van der Waals surface area contributed by atoms with Gasteiger partial charge in [-0.3, -0.25) is 4.79 Å². The van der Waals surface area contributed by atoms with Gasteiger partial charge in [-0.1, -0.05) is 24.3 Å². The molecule has 2 atom stereocenters. The summed E-state index contributed by atoms with van der Waals surface area (Å²) in [5, 5.41) is 10.9. The summed E-state index contributed by atoms with van der Waals surface area (Å²) >= 11 is 0. The molecule has 2 aromatic rings. The van der Waals surface area contributed by atoms with Crippen LogP contribution in [-0.2, 0) is 22.6 Å². The van der Waals surface area contributed by atoms with Gasteiger partial charge in [-0.2, -0.15) is 0 Å². The zero-order valence-corrected chi connectivity index (χ0v) is 19.7. The molecule has 1 saturated heterocycles. The first-order valence-electron chi connectivity index (χ1n) is 12.0. The van der Waals surface area contributed by atoms with E-state index in [0.717, 1.165) is 49.4 Å². The second-order valence-corrected chi connectivity index (χ2v) is 9.05. The van der Waals surface area contributed by atoms with E-state index in [1.807, 2.05) is 33.9 Å². The summed E-state index contributed by atoms with van der Waals surface area (Å²) in [7, 11) is 3.02. The van der Waals surface area contributed by atoms with E-state index in [4.69, 9.17) is 4.74 Å². The number of rotatable bonds is 11. The highest BCUT2D eigenvalue weighted by atomic mass is 16.5. The zero-order valence-electron chi connectivity index (χ0n) is 19.7. The smallest absolute Gasteiger partial charge is 0.293 e. The summed E-state index contributed by atoms with van der Waals surface area (Å²) in [6.45, 7) is 2.08. The summed E-state index contributed by atoms with van der Waals surface area (Å²) in [4.78, 5) is 42.6. The molecule has 0 saturated carbocycles. The molecule has 1 aromatic heterocycles. The third-order valence-corrected chi connectivity index (χ3v) is 6.78. The molecule has 1 aromatic carbocycles. The van der Waals surface area contributed by atoms with Gasteiger partial charge in [-0.05, 0) is 56.0 Å². The van der Waals surface area contributed by atoms with Crippen molar-refractivity contribution in [3.8, 4) is 5.88 Å². The number of fused-ring (bicyclic) bond motifs is 1. The molecule has 2 radical (unpaired) electrons. The number of pyridine rings is 1. The first-order chi connectivity index (χ1) is 17.1. The molecule has 2 aliphatic heterocycles. The molecule has 8 nitrogen and oxygen atoms in total. The van der Waals surface area contributed by atoms with Gasteiger partial charge in [0.2, 0.25) is 5.88 Å². The standard InChI is InChI=1S/C25H29B2N3O5/c31-16-26-29-11-9-21(10-12-29)35-25-8-5-19(14-28-25)23(33)6-7-24(34)22-13-18-3-1-2-4-20(18)15-30(22)27-17-32/h1-5,8,14,16-17,21-22,24,34H,6-7,9-13,15H2/t22-,24+/m0/s1. The molecule has 0 spiro atoms. The van der Waals surface area contributed by atoms with E-state index in [2.05, 4.69) is 4.98 Å². The van der Waals surface area contributed by atoms with Crippen molar-refractivity contribution < 1.29 is 24.2 Å². The van der Waals surface area contributed by atoms with Gasteiger partial charge in [0.25, 0.3) is 14.8 Å². The Labute approximate surface area is 207 Å². The highest BCUT2D eigenvalue weighted by Crippen LogP contribution is 2.26. The van der Waals surface area contributed by atoms with Gasteiger partial charge in [-0.25, -0.2) is 4.98 Å². The van der Waals surface area contributed by atoms with Crippen molar-refractivity contribution in [2.45, 2.75) is 56.9 Å². The van der Waals surface area contributed by atoms with Crippen LogP contribution in [0.5, 0.6) is 5.88 Å². The molecule has 0 unspecified atom stereocenters. The highest BCUT2D eigenvalue weighted by Gasteiger charge is 2.31. The molecule has 180 valence electrons. The maximum Gasteiger partial charge on any atom is 0.293 e. The van der Waals surface area contributed by atoms with Gasteiger partial charge in [-0.15, -0.1) is 0 Å². The number of benzene rings is 1. The first-order valence-corrected chi connectivity index (χ1v) is 12.0. The molecular weight excluding hydrogens is 444 g/mol. The number of carbonyl (C=O) groups is 3. The second-order valence-electron chi connectivity index (χ2n) is 9.05. The lowest BCUT2D eigenvalue weighted by Crippen LogP contribution is -2.49. The molecule has 10 heteroatoms. The number of ketones is 1. The van der Waals surface area contributed by atoms with Crippen LogP contribution in [0.2, 0.25) is 0 Å². The minimum atomic E-state index is -0.749. The fraction of sp³-hybridized carbons (Fsp3) is 0.440. The summed E-state index contributed by atoms with van der Waals surface area (Å²) in [6, 6.07) is 11.2. The maximum atomic E-state index is 12.7. The minimum Gasteiger partial charge on any atom is -0.474 e. The van der Waals surface area contributed by atoms with Gasteiger partial charge in [0.05, 0.1) is 18.5 Å². The fourth-order valence-electron chi connectivity index (χ4n) is 4.80. The van der Waals surface area contributed by atoms with Crippen molar-refractivity contribution >= 4 is 33.0 Å². The molecule has 1 fully saturated rings. The van der Waals surface area contributed by atoms with E-state index in [1.165, 1.54) is 13.6 Å². The first kappa shape index (κ1) is 25.3. The predicted octanol–water partition coefficient (Wildman–Crippen LogP) is 1.29. The monoisotopic (exact) mass is 473 g/mol. The third kappa shape index (κ3) is 6.66. The number of piperidine rings is 1. The van der Waals surface area contributed by atoms with Gasteiger partial charge in [0.1, 0.15) is 6.10 Å². The lowest BCUT2D eigenvalue weighted by Gasteiger charge is -2.38. The summed E-state index contributed by atoms with van der Waals surface area (Å²) in [5.41, 5.74) is 2.78. The average Bonchev–Trinajstić information content (AvgIpc) is 2.88. The number of aromatic nitrogens is 1. The lowest BCUT2D eigenvalue weighted by molar-refractivity contribution is 0.0676. The Kier molecular flexibility index (Phi) is 8.84. The van der Waals surface area contributed by atoms with Crippen LogP contribution in [0.1, 0.15) is 47.2 Å². The van der Waals surface area contributed by atoms with Crippen molar-refractivity contribution in [2.75, 3.05) is 13.1 Å². The molecule has 0 bridgehead atoms. The van der Waals surface area contributed by atoms with Crippen molar-refractivity contribution in [2.24, 2.45) is 0 Å². The largest absolute Gasteiger partial charge is 0.474 e. The predicted molar refractivity (Wildman–Crippen MR) is 134 cm³/mol. The van der Waals surface area contributed by atoms with E-state index in [9.17, 15) is 19.5 Å². The number of carbonyl (C=O) groups excluding carboxylic acids is 3. The Morgan fingerprint density at radius 2 is 1.86 bits per heavy atom. The molecular formula is C25H29B2N3O5. The van der Waals surface area contributed by atoms with E-state index < -0.39 is 6.10 Å². The number of hydrogen-bond donors (Lipinski definition) is 1. The Morgan fingerprint density at radius 1 is 1.11 bits per heavy atom. The highest BCUT2D eigenvalue weighted by molar-refractivity contribution is 6.64. The Morgan fingerprint density at radius 3 is 2.54 bits per heavy atom. The molecule has 1 N–H and O–H groups in total. The van der Waals surface area contributed by atoms with Gasteiger partial charge < -0.3 is 29.1 Å². The Balaban J connectivity index is 1.28. The second kappa shape index (κ2) is 12.2. The molecule has 0 aliphatic carbocycles. The quantitative estimate of drug-likeness (QED) is 0.296. The van der Waals surface area contributed by atoms with Crippen LogP contribution in [0.15, 0.2) is 42.6 Å².